The first-order valence-corrected chi connectivity index (χ1v) is 4.79. The summed E-state index contributed by atoms with van der Waals surface area (Å²) in [6.45, 7) is 0. The second kappa shape index (κ2) is 1.70. The number of esters is 1. The van der Waals surface area contributed by atoms with Crippen LogP contribution in [0.15, 0.2) is 0 Å². The van der Waals surface area contributed by atoms with Crippen LogP contribution in [0.5, 0.6) is 0 Å². The third kappa shape index (κ3) is 0.572. The van der Waals surface area contributed by atoms with Gasteiger partial charge in [-0.25, -0.2) is 0 Å². The largest absolute Gasteiger partial charge is 0.469 e. The van der Waals surface area contributed by atoms with Crippen LogP contribution in [-0.4, -0.2) is 13.1 Å². The van der Waals surface area contributed by atoms with Gasteiger partial charge in [-0.3, -0.25) is 4.79 Å². The Labute approximate surface area is 72.3 Å². The van der Waals surface area contributed by atoms with Crippen molar-refractivity contribution in [1.82, 2.24) is 0 Å². The van der Waals surface area contributed by atoms with Gasteiger partial charge < -0.3 is 4.74 Å². The van der Waals surface area contributed by atoms with Crippen molar-refractivity contribution in [3.05, 3.63) is 0 Å². The van der Waals surface area contributed by atoms with E-state index in [1.807, 2.05) is 0 Å². The highest BCUT2D eigenvalue weighted by Crippen LogP contribution is 2.80. The van der Waals surface area contributed by atoms with Gasteiger partial charge in [-0.05, 0) is 43.4 Å². The number of hydrogen-bond donors (Lipinski definition) is 0. The molecule has 0 aromatic heterocycles. The summed E-state index contributed by atoms with van der Waals surface area (Å²) in [5.41, 5.74) is 0.617. The standard InChI is InChI=1S/C10H14O2/c1-12-8(11)10-4-9(5-10,6-10)7-2-3-7/h7H,2-6H2,1H3. The first kappa shape index (κ1) is 6.93. The molecule has 0 amide bonds. The van der Waals surface area contributed by atoms with Crippen LogP contribution < -0.4 is 0 Å². The van der Waals surface area contributed by atoms with E-state index in [4.69, 9.17) is 4.74 Å². The zero-order chi connectivity index (χ0) is 8.40. The average Bonchev–Trinajstić information content (AvgIpc) is 2.64. The second-order valence-electron chi connectivity index (χ2n) is 4.94. The highest BCUT2D eigenvalue weighted by molar-refractivity contribution is 5.81. The molecule has 0 unspecified atom stereocenters. The molecule has 4 rings (SSSR count). The van der Waals surface area contributed by atoms with E-state index in [2.05, 4.69) is 0 Å². The average molecular weight is 166 g/mol. The number of hydrogen-bond acceptors (Lipinski definition) is 2. The van der Waals surface area contributed by atoms with Gasteiger partial charge in [0.2, 0.25) is 0 Å². The summed E-state index contributed by atoms with van der Waals surface area (Å²) in [5.74, 6) is 1.02. The van der Waals surface area contributed by atoms with E-state index < -0.39 is 0 Å². The minimum absolute atomic E-state index is 0.00264. The Bertz CT molecular complexity index is 233. The fraction of sp³-hybridized carbons (Fsp3) is 0.900. The van der Waals surface area contributed by atoms with Gasteiger partial charge in [0.25, 0.3) is 0 Å². The summed E-state index contributed by atoms with van der Waals surface area (Å²) in [7, 11) is 1.51. The van der Waals surface area contributed by atoms with Gasteiger partial charge in [0.15, 0.2) is 0 Å². The van der Waals surface area contributed by atoms with Crippen LogP contribution in [0.2, 0.25) is 0 Å². The second-order valence-corrected chi connectivity index (χ2v) is 4.94. The van der Waals surface area contributed by atoms with Crippen molar-refractivity contribution in [1.29, 1.82) is 0 Å². The Morgan fingerprint density at radius 1 is 1.33 bits per heavy atom. The lowest BCUT2D eigenvalue weighted by Gasteiger charge is -2.69. The minimum atomic E-state index is -0.00264. The Morgan fingerprint density at radius 2 is 1.92 bits per heavy atom. The van der Waals surface area contributed by atoms with E-state index in [-0.39, 0.29) is 11.4 Å². The van der Waals surface area contributed by atoms with Crippen LogP contribution in [0, 0.1) is 16.7 Å². The first-order valence-electron chi connectivity index (χ1n) is 4.79. The van der Waals surface area contributed by atoms with Crippen LogP contribution >= 0.6 is 0 Å². The molecule has 2 bridgehead atoms. The molecule has 0 aliphatic heterocycles. The van der Waals surface area contributed by atoms with Gasteiger partial charge in [0.1, 0.15) is 0 Å². The maximum atomic E-state index is 11.3. The lowest BCUT2D eigenvalue weighted by molar-refractivity contribution is -0.233. The minimum Gasteiger partial charge on any atom is -0.469 e. The van der Waals surface area contributed by atoms with Crippen molar-refractivity contribution in [2.75, 3.05) is 7.11 Å². The Balaban J connectivity index is 1.70. The van der Waals surface area contributed by atoms with E-state index in [9.17, 15) is 4.79 Å². The van der Waals surface area contributed by atoms with Crippen molar-refractivity contribution < 1.29 is 9.53 Å². The van der Waals surface area contributed by atoms with E-state index in [1.54, 1.807) is 0 Å². The lowest BCUT2D eigenvalue weighted by atomic mass is 9.33. The van der Waals surface area contributed by atoms with Crippen LogP contribution in [0.3, 0.4) is 0 Å². The molecular weight excluding hydrogens is 152 g/mol. The summed E-state index contributed by atoms with van der Waals surface area (Å²) in [6, 6.07) is 0. The molecule has 0 aromatic rings. The predicted molar refractivity (Wildman–Crippen MR) is 43.5 cm³/mol. The molecule has 0 heterocycles. The Hall–Kier alpha value is -0.530. The molecule has 4 aliphatic rings. The van der Waals surface area contributed by atoms with Crippen LogP contribution in [-0.2, 0) is 9.53 Å². The molecule has 0 N–H and O–H groups in total. The van der Waals surface area contributed by atoms with Crippen molar-refractivity contribution in [3.8, 4) is 0 Å². The van der Waals surface area contributed by atoms with Crippen molar-refractivity contribution in [2.24, 2.45) is 16.7 Å². The highest BCUT2D eigenvalue weighted by Gasteiger charge is 2.75. The van der Waals surface area contributed by atoms with E-state index in [1.165, 1.54) is 20.0 Å². The maximum Gasteiger partial charge on any atom is 0.311 e. The molecule has 12 heavy (non-hydrogen) atoms. The number of rotatable bonds is 2. The monoisotopic (exact) mass is 166 g/mol. The first-order chi connectivity index (χ1) is 5.71. The fourth-order valence-corrected chi connectivity index (χ4v) is 3.43. The van der Waals surface area contributed by atoms with Gasteiger partial charge in [0.05, 0.1) is 12.5 Å². The zero-order valence-electron chi connectivity index (χ0n) is 7.43. The van der Waals surface area contributed by atoms with Gasteiger partial charge in [-0.1, -0.05) is 0 Å². The molecule has 0 spiro atoms. The zero-order valence-corrected chi connectivity index (χ0v) is 7.43. The molecule has 2 nitrogen and oxygen atoms in total. The number of ether oxygens (including phenoxy) is 1. The molecule has 4 fully saturated rings. The summed E-state index contributed by atoms with van der Waals surface area (Å²) < 4.78 is 4.80. The molecule has 0 radical (unpaired) electrons. The van der Waals surface area contributed by atoms with Crippen molar-refractivity contribution in [2.45, 2.75) is 32.1 Å². The molecule has 0 saturated heterocycles. The van der Waals surface area contributed by atoms with Gasteiger partial charge in [-0.15, -0.1) is 0 Å². The van der Waals surface area contributed by atoms with Gasteiger partial charge >= 0.3 is 5.97 Å². The summed E-state index contributed by atoms with van der Waals surface area (Å²) in [4.78, 5) is 11.3. The molecule has 2 heteroatoms. The van der Waals surface area contributed by atoms with Gasteiger partial charge in [-0.2, -0.15) is 0 Å². The van der Waals surface area contributed by atoms with Crippen molar-refractivity contribution in [3.63, 3.8) is 0 Å². The number of carbonyl (C=O) groups excluding carboxylic acids is 1. The molecule has 0 atom stereocenters. The summed E-state index contributed by atoms with van der Waals surface area (Å²) in [6.07, 6.45) is 6.24. The lowest BCUT2D eigenvalue weighted by Crippen LogP contribution is -2.66. The molecule has 4 aliphatic carbocycles. The van der Waals surface area contributed by atoms with Crippen LogP contribution in [0.4, 0.5) is 0 Å². The van der Waals surface area contributed by atoms with E-state index >= 15 is 0 Å². The molecule has 4 saturated carbocycles. The normalized spacial score (nSPS) is 49.1. The van der Waals surface area contributed by atoms with Crippen molar-refractivity contribution >= 4 is 5.97 Å². The highest BCUT2D eigenvalue weighted by atomic mass is 16.5. The molecular formula is C10H14O2. The summed E-state index contributed by atoms with van der Waals surface area (Å²) in [5, 5.41) is 0. The van der Waals surface area contributed by atoms with Gasteiger partial charge in [0, 0.05) is 0 Å². The Morgan fingerprint density at radius 3 is 2.33 bits per heavy atom. The smallest absolute Gasteiger partial charge is 0.311 e. The third-order valence-electron chi connectivity index (χ3n) is 4.13. The SMILES string of the molecule is COC(=O)C12CC(C3CC3)(C1)C2. The fourth-order valence-electron chi connectivity index (χ4n) is 3.43. The van der Waals surface area contributed by atoms with E-state index in [0.29, 0.717) is 5.41 Å². The van der Waals surface area contributed by atoms with E-state index in [0.717, 1.165) is 25.2 Å². The van der Waals surface area contributed by atoms with Crippen LogP contribution in [0.1, 0.15) is 32.1 Å². The quantitative estimate of drug-likeness (QED) is 0.584. The molecule has 0 aromatic carbocycles. The number of methoxy groups -OCH3 is 1. The molecule has 66 valence electrons. The maximum absolute atomic E-state index is 11.3. The third-order valence-corrected chi connectivity index (χ3v) is 4.13. The Kier molecular flexibility index (Phi) is 0.984. The summed E-state index contributed by atoms with van der Waals surface area (Å²) >= 11 is 0. The topological polar surface area (TPSA) is 26.3 Å². The van der Waals surface area contributed by atoms with Crippen LogP contribution in [0.25, 0.3) is 0 Å². The number of carbonyl (C=O) groups is 1. The predicted octanol–water partition coefficient (Wildman–Crippen LogP) is 1.74.